The van der Waals surface area contributed by atoms with Gasteiger partial charge in [0.1, 0.15) is 28.9 Å². The average molecular weight is 528 g/mol. The molecule has 9 nitrogen and oxygen atoms in total. The predicted octanol–water partition coefficient (Wildman–Crippen LogP) is 4.85. The van der Waals surface area contributed by atoms with Gasteiger partial charge in [0.25, 0.3) is 16.8 Å². The summed E-state index contributed by atoms with van der Waals surface area (Å²) in [6, 6.07) is 5.31. The molecule has 1 aliphatic heterocycles. The third-order valence-corrected chi connectivity index (χ3v) is 7.00. The number of amides is 1. The van der Waals surface area contributed by atoms with Crippen molar-refractivity contribution in [2.45, 2.75) is 60.2 Å². The van der Waals surface area contributed by atoms with E-state index in [-0.39, 0.29) is 40.5 Å². The third-order valence-electron chi connectivity index (χ3n) is 6.65. The van der Waals surface area contributed by atoms with Crippen molar-refractivity contribution in [2.24, 2.45) is 11.3 Å². The molecular formula is C27H30ClN3O6. The van der Waals surface area contributed by atoms with Gasteiger partial charge in [0.05, 0.1) is 17.3 Å². The van der Waals surface area contributed by atoms with E-state index in [1.807, 2.05) is 39.8 Å². The molecule has 3 aromatic rings. The van der Waals surface area contributed by atoms with E-state index in [1.165, 1.54) is 4.90 Å². The zero-order valence-electron chi connectivity index (χ0n) is 21.6. The second-order valence-corrected chi connectivity index (χ2v) is 11.2. The quantitative estimate of drug-likeness (QED) is 0.355. The van der Waals surface area contributed by atoms with Gasteiger partial charge < -0.3 is 25.1 Å². The smallest absolute Gasteiger partial charge is 0.326 e. The second-order valence-electron chi connectivity index (χ2n) is 10.8. The van der Waals surface area contributed by atoms with Gasteiger partial charge in [-0.3, -0.25) is 14.4 Å². The Labute approximate surface area is 219 Å². The summed E-state index contributed by atoms with van der Waals surface area (Å²) in [5.41, 5.74) is -0.722. The monoisotopic (exact) mass is 527 g/mol. The molecule has 0 spiro atoms. The predicted molar refractivity (Wildman–Crippen MR) is 141 cm³/mol. The van der Waals surface area contributed by atoms with Crippen molar-refractivity contribution in [3.63, 3.8) is 0 Å². The minimum absolute atomic E-state index is 0.0249. The van der Waals surface area contributed by atoms with Crippen LogP contribution in [0.1, 0.15) is 68.1 Å². The maximum atomic E-state index is 13.4. The van der Waals surface area contributed by atoms with Crippen LogP contribution in [0.25, 0.3) is 0 Å². The molecular weight excluding hydrogens is 498 g/mol. The van der Waals surface area contributed by atoms with Crippen LogP contribution in [0.15, 0.2) is 38.3 Å². The van der Waals surface area contributed by atoms with Crippen LogP contribution in [0.5, 0.6) is 0 Å². The summed E-state index contributed by atoms with van der Waals surface area (Å²) in [5.74, 6) is -0.620. The fourth-order valence-electron chi connectivity index (χ4n) is 4.76. The number of rotatable bonds is 8. The van der Waals surface area contributed by atoms with E-state index in [0.29, 0.717) is 16.3 Å². The minimum Gasteiger partial charge on any atom is -0.480 e. The Hall–Kier alpha value is -3.59. The highest BCUT2D eigenvalue weighted by Gasteiger charge is 2.41. The number of benzene rings is 1. The molecule has 0 radical (unpaired) electrons. The largest absolute Gasteiger partial charge is 0.480 e. The van der Waals surface area contributed by atoms with E-state index in [4.69, 9.17) is 16.0 Å². The molecule has 1 amide bonds. The number of fused-ring (bicyclic) bond motifs is 1. The van der Waals surface area contributed by atoms with Crippen molar-refractivity contribution in [1.82, 2.24) is 4.90 Å². The molecule has 196 valence electrons. The molecule has 2 heterocycles. The van der Waals surface area contributed by atoms with E-state index in [9.17, 15) is 24.3 Å². The highest BCUT2D eigenvalue weighted by Crippen LogP contribution is 2.40. The number of nitrogens with one attached hydrogen (secondary N) is 2. The summed E-state index contributed by atoms with van der Waals surface area (Å²) in [5, 5.41) is 16.2. The number of carboxylic acid groups (broad SMARTS) is 1. The van der Waals surface area contributed by atoms with Crippen LogP contribution in [-0.2, 0) is 11.3 Å². The molecule has 2 atom stereocenters. The van der Waals surface area contributed by atoms with Crippen LogP contribution in [0.3, 0.4) is 0 Å². The molecule has 0 unspecified atom stereocenters. The van der Waals surface area contributed by atoms with Crippen molar-refractivity contribution >= 4 is 40.5 Å². The molecule has 0 saturated heterocycles. The van der Waals surface area contributed by atoms with E-state index < -0.39 is 34.8 Å². The number of furan rings is 1. The molecule has 2 aromatic carbocycles. The number of carbonyl (C=O) groups excluding carboxylic acids is 1. The van der Waals surface area contributed by atoms with Crippen LogP contribution in [0.2, 0.25) is 5.02 Å². The molecule has 0 fully saturated rings. The Morgan fingerprint density at radius 3 is 2.27 bits per heavy atom. The topological polar surface area (TPSA) is 129 Å². The summed E-state index contributed by atoms with van der Waals surface area (Å²) in [4.78, 5) is 51.8. The SMILES string of the molecule is Cc1ccc([C@H](Nc2c(Nc3ccc(Cl)c4c3C(=O)N([C@H](C(=O)O)C(C)C)C4)c(=O)c2=O)C(C)(C)C)o1. The lowest BCUT2D eigenvalue weighted by molar-refractivity contribution is -0.144. The van der Waals surface area contributed by atoms with Gasteiger partial charge in [-0.25, -0.2) is 4.79 Å². The fourth-order valence-corrected chi connectivity index (χ4v) is 4.98. The van der Waals surface area contributed by atoms with Gasteiger partial charge in [-0.1, -0.05) is 46.2 Å². The number of anilines is 3. The van der Waals surface area contributed by atoms with Crippen molar-refractivity contribution in [3.05, 3.63) is 72.4 Å². The van der Waals surface area contributed by atoms with Crippen molar-refractivity contribution < 1.29 is 19.1 Å². The first-order valence-electron chi connectivity index (χ1n) is 12.0. The number of aryl methyl sites for hydroxylation is 1. The van der Waals surface area contributed by atoms with E-state index in [0.717, 1.165) is 5.76 Å². The van der Waals surface area contributed by atoms with Gasteiger partial charge in [0.2, 0.25) is 0 Å². The van der Waals surface area contributed by atoms with Gasteiger partial charge in [-0.05, 0) is 42.5 Å². The molecule has 0 bridgehead atoms. The maximum absolute atomic E-state index is 13.4. The molecule has 1 aliphatic rings. The number of aliphatic carboxylic acids is 1. The lowest BCUT2D eigenvalue weighted by atomic mass is 9.85. The Kier molecular flexibility index (Phi) is 6.71. The summed E-state index contributed by atoms with van der Waals surface area (Å²) in [6.07, 6.45) is 0. The standard InChI is InChI=1S/C27H30ClN3O6/c1-12(2)21(26(35)36)31-11-14-15(28)8-9-16(18(14)25(31)34)29-19-20(23(33)22(19)32)30-24(27(4,5)6)17-10-7-13(3)37-17/h7-10,12,21,24,29-30H,11H2,1-6H3,(H,35,36)/t21-,24-/m0/s1. The molecule has 0 aliphatic carbocycles. The first-order chi connectivity index (χ1) is 17.2. The fraction of sp³-hybridized carbons (Fsp3) is 0.407. The van der Waals surface area contributed by atoms with Gasteiger partial charge in [-0.15, -0.1) is 0 Å². The molecule has 0 saturated carbocycles. The Balaban J connectivity index is 1.71. The average Bonchev–Trinajstić information content (AvgIpc) is 3.37. The van der Waals surface area contributed by atoms with Crippen molar-refractivity contribution in [1.29, 1.82) is 0 Å². The van der Waals surface area contributed by atoms with E-state index in [2.05, 4.69) is 10.6 Å². The second kappa shape index (κ2) is 9.37. The van der Waals surface area contributed by atoms with Crippen molar-refractivity contribution in [2.75, 3.05) is 10.6 Å². The molecule has 1 aromatic heterocycles. The number of nitrogens with zero attached hydrogens (tertiary/aromatic N) is 1. The molecule has 10 heteroatoms. The minimum atomic E-state index is -1.11. The maximum Gasteiger partial charge on any atom is 0.326 e. The molecule has 4 rings (SSSR count). The normalized spacial score (nSPS) is 15.2. The number of carbonyl (C=O) groups is 2. The highest BCUT2D eigenvalue weighted by atomic mass is 35.5. The first-order valence-corrected chi connectivity index (χ1v) is 12.4. The van der Waals surface area contributed by atoms with Crippen molar-refractivity contribution in [3.8, 4) is 0 Å². The van der Waals surface area contributed by atoms with Gasteiger partial charge >= 0.3 is 5.97 Å². The third kappa shape index (κ3) is 4.64. The summed E-state index contributed by atoms with van der Waals surface area (Å²) >= 11 is 6.38. The number of carboxylic acids is 1. The van der Waals surface area contributed by atoms with E-state index >= 15 is 0 Å². The van der Waals surface area contributed by atoms with Crippen LogP contribution < -0.4 is 21.5 Å². The van der Waals surface area contributed by atoms with Gasteiger partial charge in [0, 0.05) is 17.1 Å². The highest BCUT2D eigenvalue weighted by molar-refractivity contribution is 6.32. The summed E-state index contributed by atoms with van der Waals surface area (Å²) < 4.78 is 5.80. The van der Waals surface area contributed by atoms with Crippen LogP contribution in [0.4, 0.5) is 17.1 Å². The Morgan fingerprint density at radius 2 is 1.73 bits per heavy atom. The van der Waals surface area contributed by atoms with Crippen LogP contribution in [-0.4, -0.2) is 27.9 Å². The summed E-state index contributed by atoms with van der Waals surface area (Å²) in [7, 11) is 0. The van der Waals surface area contributed by atoms with Gasteiger partial charge in [0.15, 0.2) is 0 Å². The number of hydrogen-bond acceptors (Lipinski definition) is 7. The van der Waals surface area contributed by atoms with E-state index in [1.54, 1.807) is 26.0 Å². The van der Waals surface area contributed by atoms with Gasteiger partial charge in [-0.2, -0.15) is 0 Å². The number of hydrogen-bond donors (Lipinski definition) is 3. The van der Waals surface area contributed by atoms with Crippen LogP contribution >= 0.6 is 11.6 Å². The molecule has 37 heavy (non-hydrogen) atoms. The Bertz CT molecular complexity index is 1460. The first kappa shape index (κ1) is 26.5. The molecule has 3 N–H and O–H groups in total. The zero-order chi connectivity index (χ0) is 27.4. The lowest BCUT2D eigenvalue weighted by Gasteiger charge is -2.31. The zero-order valence-corrected chi connectivity index (χ0v) is 22.3. The van der Waals surface area contributed by atoms with Crippen LogP contribution in [0, 0.1) is 18.3 Å². The Morgan fingerprint density at radius 1 is 1.08 bits per heavy atom. The number of halogens is 1. The lowest BCUT2D eigenvalue weighted by Crippen LogP contribution is -2.44. The summed E-state index contributed by atoms with van der Waals surface area (Å²) in [6.45, 7) is 11.2.